The molecule has 5 heteroatoms. The molecule has 1 aliphatic heterocycles. The van der Waals surface area contributed by atoms with Crippen LogP contribution in [0.4, 0.5) is 0 Å². The Morgan fingerprint density at radius 2 is 2.12 bits per heavy atom. The summed E-state index contributed by atoms with van der Waals surface area (Å²) in [4.78, 5) is 14.2. The van der Waals surface area contributed by atoms with Crippen LogP contribution < -0.4 is 0 Å². The lowest BCUT2D eigenvalue weighted by atomic mass is 10.2. The van der Waals surface area contributed by atoms with Gasteiger partial charge in [0.25, 0.3) is 5.91 Å². The van der Waals surface area contributed by atoms with Gasteiger partial charge in [-0.05, 0) is 26.8 Å². The van der Waals surface area contributed by atoms with Crippen LogP contribution in [0.25, 0.3) is 0 Å². The summed E-state index contributed by atoms with van der Waals surface area (Å²) in [5.74, 6) is 0.0475. The van der Waals surface area contributed by atoms with Gasteiger partial charge in [-0.1, -0.05) is 0 Å². The molecule has 0 N–H and O–H groups in total. The number of carbonyl (C=O) groups is 1. The Kier molecular flexibility index (Phi) is 3.47. The number of hydrogen-bond donors (Lipinski definition) is 0. The zero-order chi connectivity index (χ0) is 12.4. The van der Waals surface area contributed by atoms with Crippen LogP contribution in [0.1, 0.15) is 31.3 Å². The molecule has 0 spiro atoms. The van der Waals surface area contributed by atoms with Crippen molar-refractivity contribution in [3.8, 4) is 0 Å². The van der Waals surface area contributed by atoms with Gasteiger partial charge in [0, 0.05) is 25.8 Å². The monoisotopic (exact) mass is 237 g/mol. The van der Waals surface area contributed by atoms with Crippen LogP contribution in [0.2, 0.25) is 0 Å². The third-order valence-electron chi connectivity index (χ3n) is 2.94. The smallest absolute Gasteiger partial charge is 0.272 e. The first kappa shape index (κ1) is 12.1. The summed E-state index contributed by atoms with van der Waals surface area (Å²) in [6.45, 7) is 7.98. The molecule has 0 saturated carbocycles. The largest absolute Gasteiger partial charge is 0.372 e. The molecular weight excluding hydrogens is 218 g/mol. The number of aryl methyl sites for hydroxylation is 1. The van der Waals surface area contributed by atoms with Crippen LogP contribution in [-0.2, 0) is 11.3 Å². The Bertz CT molecular complexity index is 392. The van der Waals surface area contributed by atoms with Gasteiger partial charge in [-0.2, -0.15) is 5.10 Å². The fraction of sp³-hybridized carbons (Fsp3) is 0.667. The number of hydrogen-bond acceptors (Lipinski definition) is 3. The number of amides is 1. The van der Waals surface area contributed by atoms with Crippen molar-refractivity contribution in [1.82, 2.24) is 14.7 Å². The fourth-order valence-corrected chi connectivity index (χ4v) is 2.27. The minimum atomic E-state index is 0.0475. The second-order valence-corrected chi connectivity index (χ2v) is 4.50. The van der Waals surface area contributed by atoms with Gasteiger partial charge in [-0.3, -0.25) is 9.48 Å². The molecule has 1 fully saturated rings. The molecule has 17 heavy (non-hydrogen) atoms. The van der Waals surface area contributed by atoms with Crippen molar-refractivity contribution in [3.63, 3.8) is 0 Å². The second kappa shape index (κ2) is 4.87. The molecule has 1 saturated heterocycles. The molecule has 0 radical (unpaired) electrons. The number of morpholine rings is 1. The molecule has 0 bridgehead atoms. The van der Waals surface area contributed by atoms with E-state index in [1.807, 2.05) is 25.7 Å². The molecule has 2 unspecified atom stereocenters. The summed E-state index contributed by atoms with van der Waals surface area (Å²) >= 11 is 0. The lowest BCUT2D eigenvalue weighted by Gasteiger charge is -2.35. The van der Waals surface area contributed by atoms with Crippen molar-refractivity contribution >= 4 is 5.91 Å². The van der Waals surface area contributed by atoms with Gasteiger partial charge in [0.15, 0.2) is 0 Å². The Morgan fingerprint density at radius 1 is 1.47 bits per heavy atom. The highest BCUT2D eigenvalue weighted by molar-refractivity contribution is 5.92. The minimum absolute atomic E-state index is 0.0475. The zero-order valence-electron chi connectivity index (χ0n) is 10.6. The molecule has 0 aliphatic carbocycles. The van der Waals surface area contributed by atoms with Crippen LogP contribution in [0.5, 0.6) is 0 Å². The van der Waals surface area contributed by atoms with Crippen molar-refractivity contribution in [1.29, 1.82) is 0 Å². The van der Waals surface area contributed by atoms with Gasteiger partial charge in [-0.25, -0.2) is 0 Å². The van der Waals surface area contributed by atoms with Gasteiger partial charge in [0.2, 0.25) is 0 Å². The molecule has 0 aromatic carbocycles. The summed E-state index contributed by atoms with van der Waals surface area (Å²) in [7, 11) is 0. The van der Waals surface area contributed by atoms with Gasteiger partial charge in [0.1, 0.15) is 5.69 Å². The summed E-state index contributed by atoms with van der Waals surface area (Å²) in [5, 5.41) is 4.13. The van der Waals surface area contributed by atoms with E-state index in [0.717, 1.165) is 0 Å². The molecule has 2 heterocycles. The summed E-state index contributed by atoms with van der Waals surface area (Å²) in [5.41, 5.74) is 0.661. The highest BCUT2D eigenvalue weighted by Crippen LogP contribution is 2.14. The maximum Gasteiger partial charge on any atom is 0.272 e. The normalized spacial score (nSPS) is 25.0. The third-order valence-corrected chi connectivity index (χ3v) is 2.94. The third kappa shape index (κ3) is 2.49. The van der Waals surface area contributed by atoms with E-state index in [0.29, 0.717) is 25.3 Å². The summed E-state index contributed by atoms with van der Waals surface area (Å²) < 4.78 is 7.35. The maximum absolute atomic E-state index is 12.3. The second-order valence-electron chi connectivity index (χ2n) is 4.50. The average Bonchev–Trinajstić information content (AvgIpc) is 2.74. The minimum Gasteiger partial charge on any atom is -0.372 e. The Hall–Kier alpha value is -1.36. The number of rotatable bonds is 2. The summed E-state index contributed by atoms with van der Waals surface area (Å²) in [6, 6.07) is 1.77. The standard InChI is InChI=1S/C12H19N3O2/c1-4-15-11(5-6-13-15)12(16)14-7-9(2)17-10(3)8-14/h5-6,9-10H,4,7-8H2,1-3H3. The molecule has 1 aromatic heterocycles. The molecule has 2 atom stereocenters. The number of nitrogens with zero attached hydrogens (tertiary/aromatic N) is 3. The molecule has 2 rings (SSSR count). The van der Waals surface area contributed by atoms with E-state index in [9.17, 15) is 4.79 Å². The first-order valence-electron chi connectivity index (χ1n) is 6.08. The van der Waals surface area contributed by atoms with Gasteiger partial charge in [-0.15, -0.1) is 0 Å². The van der Waals surface area contributed by atoms with Gasteiger partial charge >= 0.3 is 0 Å². The average molecular weight is 237 g/mol. The van der Waals surface area contributed by atoms with Crippen LogP contribution >= 0.6 is 0 Å². The molecule has 5 nitrogen and oxygen atoms in total. The van der Waals surface area contributed by atoms with Crippen molar-refractivity contribution in [3.05, 3.63) is 18.0 Å². The van der Waals surface area contributed by atoms with Gasteiger partial charge < -0.3 is 9.64 Å². The number of ether oxygens (including phenoxy) is 1. The molecule has 1 aliphatic rings. The van der Waals surface area contributed by atoms with E-state index in [4.69, 9.17) is 4.74 Å². The fourth-order valence-electron chi connectivity index (χ4n) is 2.27. The topological polar surface area (TPSA) is 47.4 Å². The Balaban J connectivity index is 2.14. The number of carbonyl (C=O) groups excluding carboxylic acids is 1. The SMILES string of the molecule is CCn1nccc1C(=O)N1CC(C)OC(C)C1. The zero-order valence-corrected chi connectivity index (χ0v) is 10.6. The predicted molar refractivity (Wildman–Crippen MR) is 63.8 cm³/mol. The van der Waals surface area contributed by atoms with E-state index in [2.05, 4.69) is 5.10 Å². The Labute approximate surface area is 101 Å². The first-order valence-corrected chi connectivity index (χ1v) is 6.08. The van der Waals surface area contributed by atoms with E-state index in [1.165, 1.54) is 0 Å². The van der Waals surface area contributed by atoms with Crippen molar-refractivity contribution in [2.75, 3.05) is 13.1 Å². The lowest BCUT2D eigenvalue weighted by molar-refractivity contribution is -0.0588. The van der Waals surface area contributed by atoms with E-state index >= 15 is 0 Å². The highest BCUT2D eigenvalue weighted by Gasteiger charge is 2.27. The first-order chi connectivity index (χ1) is 8.11. The highest BCUT2D eigenvalue weighted by atomic mass is 16.5. The van der Waals surface area contributed by atoms with Crippen LogP contribution in [0.3, 0.4) is 0 Å². The van der Waals surface area contributed by atoms with Crippen LogP contribution in [0.15, 0.2) is 12.3 Å². The van der Waals surface area contributed by atoms with E-state index < -0.39 is 0 Å². The van der Waals surface area contributed by atoms with Crippen molar-refractivity contribution < 1.29 is 9.53 Å². The van der Waals surface area contributed by atoms with E-state index in [1.54, 1.807) is 16.9 Å². The quantitative estimate of drug-likeness (QED) is 0.775. The summed E-state index contributed by atoms with van der Waals surface area (Å²) in [6.07, 6.45) is 1.87. The molecule has 94 valence electrons. The molecule has 1 amide bonds. The van der Waals surface area contributed by atoms with Gasteiger partial charge in [0.05, 0.1) is 12.2 Å². The lowest BCUT2D eigenvalue weighted by Crippen LogP contribution is -2.48. The predicted octanol–water partition coefficient (Wildman–Crippen LogP) is 1.15. The van der Waals surface area contributed by atoms with Crippen LogP contribution in [-0.4, -0.2) is 45.9 Å². The van der Waals surface area contributed by atoms with Crippen molar-refractivity contribution in [2.24, 2.45) is 0 Å². The molecule has 1 aromatic rings. The Morgan fingerprint density at radius 3 is 2.71 bits per heavy atom. The van der Waals surface area contributed by atoms with Crippen molar-refractivity contribution in [2.45, 2.75) is 39.5 Å². The van der Waals surface area contributed by atoms with Crippen LogP contribution in [0, 0.1) is 0 Å². The number of aromatic nitrogens is 2. The molecular formula is C12H19N3O2. The van der Waals surface area contributed by atoms with E-state index in [-0.39, 0.29) is 18.1 Å². The maximum atomic E-state index is 12.3.